The molecule has 5 heteroatoms. The molecule has 0 bridgehead atoms. The van der Waals surface area contributed by atoms with Crippen molar-refractivity contribution in [3.05, 3.63) is 11.8 Å². The number of aromatic nitrogens is 2. The highest BCUT2D eigenvalue weighted by atomic mass is 16.3. The number of rotatable bonds is 1. The van der Waals surface area contributed by atoms with Gasteiger partial charge in [0.15, 0.2) is 0 Å². The third-order valence-corrected chi connectivity index (χ3v) is 2.13. The van der Waals surface area contributed by atoms with Crippen molar-refractivity contribution in [3.8, 4) is 0 Å². The summed E-state index contributed by atoms with van der Waals surface area (Å²) in [6.45, 7) is 1.98. The van der Waals surface area contributed by atoms with E-state index in [1.165, 1.54) is 4.68 Å². The number of anilines is 1. The first-order chi connectivity index (χ1) is 6.22. The molecule has 0 saturated heterocycles. The molecule has 2 rings (SSSR count). The van der Waals surface area contributed by atoms with Gasteiger partial charge >= 0.3 is 0 Å². The highest BCUT2D eigenvalue weighted by Crippen LogP contribution is 2.21. The number of aryl methyl sites for hydroxylation is 1. The third kappa shape index (κ3) is 1.21. The van der Waals surface area contributed by atoms with Crippen LogP contribution in [0.5, 0.6) is 0 Å². The van der Waals surface area contributed by atoms with Crippen LogP contribution in [-0.4, -0.2) is 27.0 Å². The largest absolute Gasteiger partial charge is 0.373 e. The van der Waals surface area contributed by atoms with Crippen LogP contribution in [0.4, 0.5) is 5.82 Å². The Hall–Kier alpha value is -1.36. The van der Waals surface area contributed by atoms with E-state index in [2.05, 4.69) is 10.4 Å². The predicted molar refractivity (Wildman–Crippen MR) is 46.5 cm³/mol. The van der Waals surface area contributed by atoms with Crippen LogP contribution in [0, 0.1) is 0 Å². The van der Waals surface area contributed by atoms with Gasteiger partial charge in [0.1, 0.15) is 12.0 Å². The van der Waals surface area contributed by atoms with Gasteiger partial charge in [-0.25, -0.2) is 0 Å². The number of aliphatic hydroxyl groups excluding tert-OH is 1. The third-order valence-electron chi connectivity index (χ3n) is 2.13. The summed E-state index contributed by atoms with van der Waals surface area (Å²) >= 11 is 0. The lowest BCUT2D eigenvalue weighted by molar-refractivity contribution is 0.0784. The molecule has 1 aromatic rings. The minimum atomic E-state index is -0.776. The van der Waals surface area contributed by atoms with E-state index < -0.39 is 6.23 Å². The van der Waals surface area contributed by atoms with Gasteiger partial charge in [-0.2, -0.15) is 9.78 Å². The fraction of sp³-hybridized carbons (Fsp3) is 0.500. The standard InChI is InChI=1S/C8H11N3O2/c1-2-5-4-9-11-7(13)3-6(12)10-8(5)11/h4,6,10,12H,2-3H2,1H3. The summed E-state index contributed by atoms with van der Waals surface area (Å²) in [6, 6.07) is 0. The minimum Gasteiger partial charge on any atom is -0.373 e. The van der Waals surface area contributed by atoms with Crippen LogP contribution in [-0.2, 0) is 6.42 Å². The van der Waals surface area contributed by atoms with Gasteiger partial charge in [0, 0.05) is 5.56 Å². The summed E-state index contributed by atoms with van der Waals surface area (Å²) in [5.41, 5.74) is 0.951. The van der Waals surface area contributed by atoms with Crippen LogP contribution in [0.15, 0.2) is 6.20 Å². The maximum absolute atomic E-state index is 11.3. The molecule has 0 amide bonds. The molecule has 1 atom stereocenters. The first-order valence-corrected chi connectivity index (χ1v) is 4.27. The second kappa shape index (κ2) is 2.85. The smallest absolute Gasteiger partial charge is 0.253 e. The second-order valence-corrected chi connectivity index (χ2v) is 3.04. The zero-order valence-electron chi connectivity index (χ0n) is 7.32. The zero-order valence-corrected chi connectivity index (χ0v) is 7.32. The normalized spacial score (nSPS) is 21.1. The Morgan fingerprint density at radius 2 is 2.62 bits per heavy atom. The lowest BCUT2D eigenvalue weighted by Gasteiger charge is -2.20. The topological polar surface area (TPSA) is 67.2 Å². The Labute approximate surface area is 75.4 Å². The average molecular weight is 181 g/mol. The van der Waals surface area contributed by atoms with E-state index in [1.807, 2.05) is 6.92 Å². The van der Waals surface area contributed by atoms with Crippen molar-refractivity contribution >= 4 is 11.7 Å². The number of hydrogen-bond donors (Lipinski definition) is 2. The maximum Gasteiger partial charge on any atom is 0.253 e. The summed E-state index contributed by atoms with van der Waals surface area (Å²) in [7, 11) is 0. The van der Waals surface area contributed by atoms with Crippen LogP contribution in [0.25, 0.3) is 0 Å². The van der Waals surface area contributed by atoms with E-state index >= 15 is 0 Å². The summed E-state index contributed by atoms with van der Waals surface area (Å²) in [6.07, 6.45) is 1.75. The van der Waals surface area contributed by atoms with Crippen molar-refractivity contribution in [2.45, 2.75) is 26.0 Å². The molecule has 70 valence electrons. The average Bonchev–Trinajstić information content (AvgIpc) is 2.47. The highest BCUT2D eigenvalue weighted by molar-refractivity contribution is 5.84. The van der Waals surface area contributed by atoms with Crippen molar-refractivity contribution in [3.63, 3.8) is 0 Å². The molecule has 0 aliphatic carbocycles. The van der Waals surface area contributed by atoms with Gasteiger partial charge in [-0.05, 0) is 6.42 Å². The molecule has 1 aromatic heterocycles. The van der Waals surface area contributed by atoms with Gasteiger partial charge in [-0.1, -0.05) is 6.92 Å². The predicted octanol–water partition coefficient (Wildman–Crippen LogP) is 0.220. The van der Waals surface area contributed by atoms with Crippen LogP contribution < -0.4 is 5.32 Å². The molecule has 1 aliphatic rings. The molecule has 1 unspecified atom stereocenters. The van der Waals surface area contributed by atoms with E-state index in [1.54, 1.807) is 6.20 Å². The molecule has 0 saturated carbocycles. The molecule has 2 N–H and O–H groups in total. The van der Waals surface area contributed by atoms with Crippen molar-refractivity contribution in [1.82, 2.24) is 9.78 Å². The number of carbonyl (C=O) groups excluding carboxylic acids is 1. The molecule has 0 spiro atoms. The van der Waals surface area contributed by atoms with E-state index in [-0.39, 0.29) is 12.3 Å². The lowest BCUT2D eigenvalue weighted by Crippen LogP contribution is -2.33. The van der Waals surface area contributed by atoms with Gasteiger partial charge in [0.05, 0.1) is 12.6 Å². The Kier molecular flexibility index (Phi) is 1.81. The van der Waals surface area contributed by atoms with Crippen molar-refractivity contribution in [1.29, 1.82) is 0 Å². The van der Waals surface area contributed by atoms with Gasteiger partial charge in [-0.15, -0.1) is 0 Å². The van der Waals surface area contributed by atoms with Crippen molar-refractivity contribution < 1.29 is 9.90 Å². The molecule has 13 heavy (non-hydrogen) atoms. The molecule has 0 fully saturated rings. The molecule has 2 heterocycles. The Morgan fingerprint density at radius 1 is 1.85 bits per heavy atom. The monoisotopic (exact) mass is 181 g/mol. The zero-order chi connectivity index (χ0) is 9.42. The quantitative estimate of drug-likeness (QED) is 0.650. The van der Waals surface area contributed by atoms with Gasteiger partial charge < -0.3 is 10.4 Å². The number of carbonyl (C=O) groups is 1. The molecular formula is C8H11N3O2. The fourth-order valence-electron chi connectivity index (χ4n) is 1.44. The Bertz CT molecular complexity index is 345. The van der Waals surface area contributed by atoms with Gasteiger partial charge in [0.25, 0.3) is 5.91 Å². The molecular weight excluding hydrogens is 170 g/mol. The van der Waals surface area contributed by atoms with E-state index in [0.29, 0.717) is 5.82 Å². The first-order valence-electron chi connectivity index (χ1n) is 4.27. The van der Waals surface area contributed by atoms with Crippen LogP contribution in [0.2, 0.25) is 0 Å². The lowest BCUT2D eigenvalue weighted by atomic mass is 10.2. The van der Waals surface area contributed by atoms with Crippen LogP contribution in [0.1, 0.15) is 23.7 Å². The summed E-state index contributed by atoms with van der Waals surface area (Å²) < 4.78 is 1.31. The Balaban J connectivity index is 2.45. The molecule has 5 nitrogen and oxygen atoms in total. The van der Waals surface area contributed by atoms with Gasteiger partial charge in [-0.3, -0.25) is 4.79 Å². The van der Waals surface area contributed by atoms with Gasteiger partial charge in [0.2, 0.25) is 0 Å². The maximum atomic E-state index is 11.3. The molecule has 1 aliphatic heterocycles. The highest BCUT2D eigenvalue weighted by Gasteiger charge is 2.25. The van der Waals surface area contributed by atoms with Crippen LogP contribution in [0.3, 0.4) is 0 Å². The number of hydrogen-bond acceptors (Lipinski definition) is 4. The SMILES string of the molecule is CCc1cnn2c1NC(O)CC2=O. The van der Waals surface area contributed by atoms with E-state index in [0.717, 1.165) is 12.0 Å². The van der Waals surface area contributed by atoms with Crippen LogP contribution >= 0.6 is 0 Å². The summed E-state index contributed by atoms with van der Waals surface area (Å²) in [4.78, 5) is 11.3. The number of aliphatic hydroxyl groups is 1. The van der Waals surface area contributed by atoms with Crippen molar-refractivity contribution in [2.24, 2.45) is 0 Å². The first kappa shape index (κ1) is 8.25. The van der Waals surface area contributed by atoms with E-state index in [4.69, 9.17) is 0 Å². The van der Waals surface area contributed by atoms with Crippen molar-refractivity contribution in [2.75, 3.05) is 5.32 Å². The summed E-state index contributed by atoms with van der Waals surface area (Å²) in [5, 5.41) is 16.1. The fourth-order valence-corrected chi connectivity index (χ4v) is 1.44. The summed E-state index contributed by atoms with van der Waals surface area (Å²) in [5.74, 6) is 0.465. The number of nitrogens with zero attached hydrogens (tertiary/aromatic N) is 2. The van der Waals surface area contributed by atoms with E-state index in [9.17, 15) is 9.90 Å². The number of nitrogens with one attached hydrogen (secondary N) is 1. The second-order valence-electron chi connectivity index (χ2n) is 3.04. The Morgan fingerprint density at radius 3 is 3.31 bits per heavy atom. The molecule has 0 aromatic carbocycles. The molecule has 0 radical (unpaired) electrons. The number of fused-ring (bicyclic) bond motifs is 1. The minimum absolute atomic E-state index is 0.0812.